The summed E-state index contributed by atoms with van der Waals surface area (Å²) in [5.74, 6) is 0.377. The second-order valence-corrected chi connectivity index (χ2v) is 6.17. The Hall–Kier alpha value is -1.12. The van der Waals surface area contributed by atoms with Crippen molar-refractivity contribution in [2.75, 3.05) is 5.75 Å². The van der Waals surface area contributed by atoms with E-state index in [1.807, 2.05) is 6.07 Å². The zero-order valence-corrected chi connectivity index (χ0v) is 10.7. The lowest BCUT2D eigenvalue weighted by atomic mass is 10.1. The molecule has 2 atom stereocenters. The maximum Gasteiger partial charge on any atom is 0.339 e. The van der Waals surface area contributed by atoms with Gasteiger partial charge in [-0.1, -0.05) is 29.0 Å². The minimum Gasteiger partial charge on any atom is -0.445 e. The molecule has 88 valence electrons. The van der Waals surface area contributed by atoms with E-state index in [1.165, 1.54) is 10.8 Å². The molecule has 1 aliphatic heterocycles. The van der Waals surface area contributed by atoms with Crippen LogP contribution in [0, 0.1) is 17.2 Å². The van der Waals surface area contributed by atoms with Gasteiger partial charge in [-0.05, 0) is 29.3 Å². The van der Waals surface area contributed by atoms with Crippen molar-refractivity contribution in [1.29, 1.82) is 5.26 Å². The number of esters is 1. The molecule has 2 rings (SSSR count). The lowest BCUT2D eigenvalue weighted by molar-refractivity contribution is 0.0405. The van der Waals surface area contributed by atoms with Crippen molar-refractivity contribution < 1.29 is 9.53 Å². The van der Waals surface area contributed by atoms with E-state index in [-0.39, 0.29) is 17.3 Å². The quantitative estimate of drug-likeness (QED) is 0.607. The molecule has 3 nitrogen and oxygen atoms in total. The van der Waals surface area contributed by atoms with Gasteiger partial charge in [0.1, 0.15) is 0 Å². The van der Waals surface area contributed by atoms with Gasteiger partial charge in [-0.2, -0.15) is 5.26 Å². The van der Waals surface area contributed by atoms with Gasteiger partial charge in [0.15, 0.2) is 5.44 Å². The number of hydrogen-bond acceptors (Lipinski definition) is 5. The van der Waals surface area contributed by atoms with Crippen molar-refractivity contribution in [1.82, 2.24) is 0 Å². The van der Waals surface area contributed by atoms with Gasteiger partial charge < -0.3 is 4.74 Å². The SMILES string of the molecule is N#CC1CCSSC1OC(=O)c1ccccc1. The van der Waals surface area contributed by atoms with Gasteiger partial charge in [-0.3, -0.25) is 0 Å². The second-order valence-electron chi connectivity index (χ2n) is 3.58. The van der Waals surface area contributed by atoms with Gasteiger partial charge in [-0.15, -0.1) is 0 Å². The number of ether oxygens (including phenoxy) is 1. The third-order valence-corrected chi connectivity index (χ3v) is 5.03. The molecule has 1 aliphatic rings. The molecule has 0 bridgehead atoms. The van der Waals surface area contributed by atoms with Crippen LogP contribution in [0.4, 0.5) is 0 Å². The van der Waals surface area contributed by atoms with Crippen LogP contribution in [0.3, 0.4) is 0 Å². The number of carbonyl (C=O) groups is 1. The predicted molar refractivity (Wildman–Crippen MR) is 69.4 cm³/mol. The van der Waals surface area contributed by atoms with Gasteiger partial charge in [0, 0.05) is 5.75 Å². The summed E-state index contributed by atoms with van der Waals surface area (Å²) in [7, 11) is 3.12. The second kappa shape index (κ2) is 5.99. The molecule has 0 spiro atoms. The lowest BCUT2D eigenvalue weighted by Gasteiger charge is -2.25. The third kappa shape index (κ3) is 3.18. The number of nitriles is 1. The van der Waals surface area contributed by atoms with Crippen LogP contribution >= 0.6 is 21.6 Å². The molecule has 1 aromatic carbocycles. The summed E-state index contributed by atoms with van der Waals surface area (Å²) in [6, 6.07) is 11.1. The van der Waals surface area contributed by atoms with Crippen molar-refractivity contribution in [3.05, 3.63) is 35.9 Å². The minimum atomic E-state index is -0.356. The Bertz CT molecular complexity index is 430. The highest BCUT2D eigenvalue weighted by Crippen LogP contribution is 2.39. The molecule has 0 saturated carbocycles. The summed E-state index contributed by atoms with van der Waals surface area (Å²) in [5, 5.41) is 8.98. The summed E-state index contributed by atoms with van der Waals surface area (Å²) in [5.41, 5.74) is 0.173. The van der Waals surface area contributed by atoms with Crippen LogP contribution in [0.5, 0.6) is 0 Å². The summed E-state index contributed by atoms with van der Waals surface area (Å²) in [4.78, 5) is 11.8. The minimum absolute atomic E-state index is 0.200. The highest BCUT2D eigenvalue weighted by molar-refractivity contribution is 8.77. The maximum absolute atomic E-state index is 11.8. The van der Waals surface area contributed by atoms with Crippen LogP contribution in [-0.2, 0) is 4.74 Å². The first-order valence-electron chi connectivity index (χ1n) is 5.25. The molecular formula is C12H11NO2S2. The molecule has 0 radical (unpaired) electrons. The van der Waals surface area contributed by atoms with E-state index >= 15 is 0 Å². The fourth-order valence-electron chi connectivity index (χ4n) is 1.47. The van der Waals surface area contributed by atoms with E-state index in [4.69, 9.17) is 10.00 Å². The van der Waals surface area contributed by atoms with Crippen LogP contribution in [0.2, 0.25) is 0 Å². The molecule has 17 heavy (non-hydrogen) atoms. The molecule has 5 heteroatoms. The van der Waals surface area contributed by atoms with E-state index < -0.39 is 0 Å². The molecule has 2 unspecified atom stereocenters. The van der Waals surface area contributed by atoms with Crippen molar-refractivity contribution in [2.24, 2.45) is 5.92 Å². The average Bonchev–Trinajstić information content (AvgIpc) is 2.40. The monoisotopic (exact) mass is 265 g/mol. The van der Waals surface area contributed by atoms with Crippen LogP contribution in [0.25, 0.3) is 0 Å². The van der Waals surface area contributed by atoms with Gasteiger partial charge in [0.2, 0.25) is 0 Å². The van der Waals surface area contributed by atoms with Crippen molar-refractivity contribution in [2.45, 2.75) is 11.9 Å². The van der Waals surface area contributed by atoms with Crippen molar-refractivity contribution in [3.63, 3.8) is 0 Å². The Morgan fingerprint density at radius 2 is 2.18 bits per heavy atom. The molecule has 1 saturated heterocycles. The fraction of sp³-hybridized carbons (Fsp3) is 0.333. The first-order valence-corrected chi connectivity index (χ1v) is 7.63. The Balaban J connectivity index is 2.01. The largest absolute Gasteiger partial charge is 0.445 e. The Morgan fingerprint density at radius 3 is 2.88 bits per heavy atom. The molecule has 1 fully saturated rings. The lowest BCUT2D eigenvalue weighted by Crippen LogP contribution is -2.25. The van der Waals surface area contributed by atoms with E-state index in [9.17, 15) is 4.79 Å². The van der Waals surface area contributed by atoms with E-state index in [0.717, 1.165) is 12.2 Å². The fourth-order valence-corrected chi connectivity index (χ4v) is 4.01. The van der Waals surface area contributed by atoms with Gasteiger partial charge in [-0.25, -0.2) is 4.79 Å². The smallest absolute Gasteiger partial charge is 0.339 e. The van der Waals surface area contributed by atoms with Crippen molar-refractivity contribution >= 4 is 27.6 Å². The number of carbonyl (C=O) groups excluding carboxylic acids is 1. The first kappa shape index (κ1) is 12.3. The number of rotatable bonds is 2. The molecular weight excluding hydrogens is 254 g/mol. The number of benzene rings is 1. The predicted octanol–water partition coefficient (Wildman–Crippen LogP) is 3.09. The Labute approximate surface area is 108 Å². The zero-order valence-electron chi connectivity index (χ0n) is 9.04. The summed E-state index contributed by atoms with van der Waals surface area (Å²) < 4.78 is 5.36. The van der Waals surface area contributed by atoms with Crippen molar-refractivity contribution in [3.8, 4) is 6.07 Å². The molecule has 0 amide bonds. The molecule has 0 aliphatic carbocycles. The van der Waals surface area contributed by atoms with Gasteiger partial charge in [0.25, 0.3) is 0 Å². The van der Waals surface area contributed by atoms with E-state index in [0.29, 0.717) is 5.56 Å². The van der Waals surface area contributed by atoms with Gasteiger partial charge >= 0.3 is 5.97 Å². The zero-order chi connectivity index (χ0) is 12.1. The third-order valence-electron chi connectivity index (χ3n) is 2.40. The Morgan fingerprint density at radius 1 is 1.41 bits per heavy atom. The first-order chi connectivity index (χ1) is 8.31. The highest BCUT2D eigenvalue weighted by atomic mass is 33.1. The summed E-state index contributed by atoms with van der Waals surface area (Å²) >= 11 is 0. The molecule has 0 N–H and O–H groups in total. The maximum atomic E-state index is 11.8. The van der Waals surface area contributed by atoms with Crippen LogP contribution in [0.1, 0.15) is 16.8 Å². The average molecular weight is 265 g/mol. The molecule has 1 aromatic rings. The number of nitrogens with zero attached hydrogens (tertiary/aromatic N) is 1. The van der Waals surface area contributed by atoms with E-state index in [1.54, 1.807) is 35.1 Å². The summed E-state index contributed by atoms with van der Waals surface area (Å²) in [6.07, 6.45) is 0.779. The highest BCUT2D eigenvalue weighted by Gasteiger charge is 2.29. The van der Waals surface area contributed by atoms with Crippen LogP contribution < -0.4 is 0 Å². The van der Waals surface area contributed by atoms with E-state index in [2.05, 4.69) is 6.07 Å². The van der Waals surface area contributed by atoms with Crippen LogP contribution in [0.15, 0.2) is 30.3 Å². The number of hydrogen-bond donors (Lipinski definition) is 0. The standard InChI is InChI=1S/C12H11NO2S2/c13-8-10-6-7-16-17-12(10)15-11(14)9-4-2-1-3-5-9/h1-5,10,12H,6-7H2. The normalized spacial score (nSPS) is 23.7. The molecule has 1 heterocycles. The Kier molecular flexibility index (Phi) is 4.35. The summed E-state index contributed by atoms with van der Waals surface area (Å²) in [6.45, 7) is 0. The van der Waals surface area contributed by atoms with Gasteiger partial charge in [0.05, 0.1) is 17.6 Å². The molecule has 0 aromatic heterocycles. The van der Waals surface area contributed by atoms with Crippen LogP contribution in [-0.4, -0.2) is 17.2 Å². The topological polar surface area (TPSA) is 50.1 Å².